The molecule has 0 atom stereocenters. The first-order valence-electron chi connectivity index (χ1n) is 5.76. The molecule has 17 heavy (non-hydrogen) atoms. The maximum Gasteiger partial charge on any atom is 0.0947 e. The standard InChI is InChI=1S/C14H17NOS/c1-12-3-2-4-14(9-12)17-8-6-15-10-13-5-7-16-11-13/h2-5,7,9,11,15H,6,8,10H2,1H3. The molecule has 90 valence electrons. The Morgan fingerprint density at radius 3 is 3.00 bits per heavy atom. The van der Waals surface area contributed by atoms with Crippen LogP contribution >= 0.6 is 11.8 Å². The summed E-state index contributed by atoms with van der Waals surface area (Å²) in [7, 11) is 0. The van der Waals surface area contributed by atoms with Crippen molar-refractivity contribution in [2.75, 3.05) is 12.3 Å². The summed E-state index contributed by atoms with van der Waals surface area (Å²) in [5.41, 5.74) is 2.52. The fourth-order valence-corrected chi connectivity index (χ4v) is 2.50. The number of aryl methyl sites for hydroxylation is 1. The Kier molecular flexibility index (Phi) is 4.71. The third-order valence-electron chi connectivity index (χ3n) is 2.45. The zero-order valence-corrected chi connectivity index (χ0v) is 10.8. The smallest absolute Gasteiger partial charge is 0.0947 e. The quantitative estimate of drug-likeness (QED) is 0.625. The van der Waals surface area contributed by atoms with Gasteiger partial charge >= 0.3 is 0 Å². The van der Waals surface area contributed by atoms with Crippen LogP contribution in [0.3, 0.4) is 0 Å². The average molecular weight is 247 g/mol. The maximum atomic E-state index is 5.01. The molecule has 0 aliphatic rings. The van der Waals surface area contributed by atoms with E-state index in [0.29, 0.717) is 0 Å². The molecule has 2 nitrogen and oxygen atoms in total. The minimum Gasteiger partial charge on any atom is -0.472 e. The summed E-state index contributed by atoms with van der Waals surface area (Å²) in [6.45, 7) is 4.01. The molecule has 3 heteroatoms. The van der Waals surface area contributed by atoms with Gasteiger partial charge in [0.1, 0.15) is 0 Å². The second-order valence-corrected chi connectivity index (χ2v) is 5.14. The van der Waals surface area contributed by atoms with Gasteiger partial charge in [0.05, 0.1) is 12.5 Å². The van der Waals surface area contributed by atoms with Crippen LogP contribution in [0.1, 0.15) is 11.1 Å². The van der Waals surface area contributed by atoms with E-state index in [9.17, 15) is 0 Å². The van der Waals surface area contributed by atoms with Crippen LogP contribution in [-0.2, 0) is 6.54 Å². The van der Waals surface area contributed by atoms with Crippen LogP contribution in [-0.4, -0.2) is 12.3 Å². The molecule has 0 aliphatic carbocycles. The van der Waals surface area contributed by atoms with Gasteiger partial charge in [0, 0.05) is 29.3 Å². The zero-order valence-electron chi connectivity index (χ0n) is 9.98. The summed E-state index contributed by atoms with van der Waals surface area (Å²) < 4.78 is 5.01. The van der Waals surface area contributed by atoms with Crippen molar-refractivity contribution < 1.29 is 4.42 Å². The molecule has 2 aromatic rings. The molecule has 1 heterocycles. The highest BCUT2D eigenvalue weighted by molar-refractivity contribution is 7.99. The Labute approximate surface area is 106 Å². The summed E-state index contributed by atoms with van der Waals surface area (Å²) in [5.74, 6) is 1.08. The van der Waals surface area contributed by atoms with Gasteiger partial charge in [-0.15, -0.1) is 11.8 Å². The van der Waals surface area contributed by atoms with Gasteiger partial charge in [-0.1, -0.05) is 17.7 Å². The number of furan rings is 1. The lowest BCUT2D eigenvalue weighted by atomic mass is 10.2. The molecule has 0 spiro atoms. The first-order chi connectivity index (χ1) is 8.34. The zero-order chi connectivity index (χ0) is 11.9. The molecule has 1 aromatic carbocycles. The number of hydrogen-bond donors (Lipinski definition) is 1. The van der Waals surface area contributed by atoms with Crippen molar-refractivity contribution in [3.63, 3.8) is 0 Å². The molecule has 0 fully saturated rings. The van der Waals surface area contributed by atoms with Crippen LogP contribution in [0.4, 0.5) is 0 Å². The summed E-state index contributed by atoms with van der Waals surface area (Å²) in [5, 5.41) is 3.39. The first kappa shape index (κ1) is 12.3. The number of hydrogen-bond acceptors (Lipinski definition) is 3. The third-order valence-corrected chi connectivity index (χ3v) is 3.44. The Morgan fingerprint density at radius 2 is 2.24 bits per heavy atom. The maximum absolute atomic E-state index is 5.01. The van der Waals surface area contributed by atoms with E-state index in [1.807, 2.05) is 17.8 Å². The second kappa shape index (κ2) is 6.52. The van der Waals surface area contributed by atoms with Gasteiger partial charge in [0.2, 0.25) is 0 Å². The predicted octanol–water partition coefficient (Wildman–Crippen LogP) is 3.47. The van der Waals surface area contributed by atoms with Crippen LogP contribution in [0.25, 0.3) is 0 Å². The van der Waals surface area contributed by atoms with Crippen molar-refractivity contribution >= 4 is 11.8 Å². The largest absolute Gasteiger partial charge is 0.472 e. The van der Waals surface area contributed by atoms with Gasteiger partial charge in [-0.05, 0) is 25.1 Å². The number of nitrogens with one attached hydrogen (secondary N) is 1. The van der Waals surface area contributed by atoms with Gasteiger partial charge in [-0.25, -0.2) is 0 Å². The van der Waals surface area contributed by atoms with Crippen molar-refractivity contribution in [2.24, 2.45) is 0 Å². The molecule has 1 aromatic heterocycles. The van der Waals surface area contributed by atoms with E-state index in [2.05, 4.69) is 36.5 Å². The van der Waals surface area contributed by atoms with Gasteiger partial charge in [-0.2, -0.15) is 0 Å². The summed E-state index contributed by atoms with van der Waals surface area (Å²) >= 11 is 1.89. The lowest BCUT2D eigenvalue weighted by molar-refractivity contribution is 0.561. The van der Waals surface area contributed by atoms with E-state index in [1.54, 1.807) is 12.5 Å². The molecule has 0 amide bonds. The molecule has 0 saturated heterocycles. The molecule has 1 N–H and O–H groups in total. The van der Waals surface area contributed by atoms with Crippen molar-refractivity contribution in [3.8, 4) is 0 Å². The van der Waals surface area contributed by atoms with Gasteiger partial charge < -0.3 is 9.73 Å². The first-order valence-corrected chi connectivity index (χ1v) is 6.74. The van der Waals surface area contributed by atoms with Gasteiger partial charge in [-0.3, -0.25) is 0 Å². The predicted molar refractivity (Wildman–Crippen MR) is 72.3 cm³/mol. The molecule has 0 saturated carbocycles. The highest BCUT2D eigenvalue weighted by Gasteiger charge is 1.95. The summed E-state index contributed by atoms with van der Waals surface area (Å²) in [6, 6.07) is 10.6. The van der Waals surface area contributed by atoms with Crippen LogP contribution < -0.4 is 5.32 Å². The van der Waals surface area contributed by atoms with E-state index in [4.69, 9.17) is 4.42 Å². The Hall–Kier alpha value is -1.19. The Morgan fingerprint density at radius 1 is 1.29 bits per heavy atom. The van der Waals surface area contributed by atoms with E-state index >= 15 is 0 Å². The minimum atomic E-state index is 0.880. The summed E-state index contributed by atoms with van der Waals surface area (Å²) in [6.07, 6.45) is 3.49. The van der Waals surface area contributed by atoms with Crippen LogP contribution in [0, 0.1) is 6.92 Å². The molecule has 0 unspecified atom stereocenters. The monoisotopic (exact) mass is 247 g/mol. The lowest BCUT2D eigenvalue weighted by Gasteiger charge is -2.04. The highest BCUT2D eigenvalue weighted by Crippen LogP contribution is 2.18. The SMILES string of the molecule is Cc1cccc(SCCNCc2ccoc2)c1. The molecule has 0 bridgehead atoms. The van der Waals surface area contributed by atoms with E-state index < -0.39 is 0 Å². The molecule has 0 aliphatic heterocycles. The topological polar surface area (TPSA) is 25.2 Å². The van der Waals surface area contributed by atoms with E-state index in [-0.39, 0.29) is 0 Å². The minimum absolute atomic E-state index is 0.880. The Balaban J connectivity index is 1.63. The van der Waals surface area contributed by atoms with Crippen LogP contribution in [0.5, 0.6) is 0 Å². The highest BCUT2D eigenvalue weighted by atomic mass is 32.2. The van der Waals surface area contributed by atoms with E-state index in [0.717, 1.165) is 18.8 Å². The fraction of sp³-hybridized carbons (Fsp3) is 0.286. The van der Waals surface area contributed by atoms with Gasteiger partial charge in [0.25, 0.3) is 0 Å². The van der Waals surface area contributed by atoms with Crippen molar-refractivity contribution in [1.82, 2.24) is 5.32 Å². The second-order valence-electron chi connectivity index (χ2n) is 3.97. The molecular weight excluding hydrogens is 230 g/mol. The molecular formula is C14H17NOS. The number of thioether (sulfide) groups is 1. The van der Waals surface area contributed by atoms with Crippen molar-refractivity contribution in [3.05, 3.63) is 54.0 Å². The van der Waals surface area contributed by atoms with Crippen molar-refractivity contribution in [1.29, 1.82) is 0 Å². The number of benzene rings is 1. The molecule has 2 rings (SSSR count). The van der Waals surface area contributed by atoms with Crippen molar-refractivity contribution in [2.45, 2.75) is 18.4 Å². The third kappa shape index (κ3) is 4.29. The van der Waals surface area contributed by atoms with Gasteiger partial charge in [0.15, 0.2) is 0 Å². The normalized spacial score (nSPS) is 10.6. The molecule has 0 radical (unpaired) electrons. The number of rotatable bonds is 6. The fourth-order valence-electron chi connectivity index (χ4n) is 1.57. The Bertz CT molecular complexity index is 439. The average Bonchev–Trinajstić information content (AvgIpc) is 2.82. The van der Waals surface area contributed by atoms with E-state index in [1.165, 1.54) is 16.0 Å². The summed E-state index contributed by atoms with van der Waals surface area (Å²) in [4.78, 5) is 1.34. The van der Waals surface area contributed by atoms with Crippen LogP contribution in [0.2, 0.25) is 0 Å². The lowest BCUT2D eigenvalue weighted by Crippen LogP contribution is -2.15. The van der Waals surface area contributed by atoms with Crippen LogP contribution in [0.15, 0.2) is 52.2 Å².